The highest BCUT2D eigenvalue weighted by Crippen LogP contribution is 2.26. The highest BCUT2D eigenvalue weighted by molar-refractivity contribution is 7.88. The summed E-state index contributed by atoms with van der Waals surface area (Å²) in [5.41, 5.74) is 3.12. The van der Waals surface area contributed by atoms with Crippen LogP contribution in [0.2, 0.25) is 5.02 Å². The summed E-state index contributed by atoms with van der Waals surface area (Å²) < 4.78 is 27.0. The van der Waals surface area contributed by atoms with Crippen molar-refractivity contribution >= 4 is 27.5 Å². The third-order valence-corrected chi connectivity index (χ3v) is 8.22. The first-order valence-corrected chi connectivity index (χ1v) is 13.1. The second-order valence-electron chi connectivity index (χ2n) is 9.66. The Balaban J connectivity index is 1.53. The number of nitrogens with zero attached hydrogens (tertiary/aromatic N) is 1. The van der Waals surface area contributed by atoms with Crippen molar-refractivity contribution in [3.63, 3.8) is 0 Å². The first-order chi connectivity index (χ1) is 15.0. The summed E-state index contributed by atoms with van der Waals surface area (Å²) in [5, 5.41) is 3.68. The molecular formula is C25H33ClN2O3S. The topological polar surface area (TPSA) is 66.5 Å². The normalized spacial score (nSPS) is 17.2. The van der Waals surface area contributed by atoms with Crippen LogP contribution in [0.3, 0.4) is 0 Å². The Kier molecular flexibility index (Phi) is 7.69. The van der Waals surface area contributed by atoms with Crippen molar-refractivity contribution in [2.24, 2.45) is 5.92 Å². The molecule has 1 heterocycles. The summed E-state index contributed by atoms with van der Waals surface area (Å²) in [6.45, 7) is 9.24. The number of carbonyl (C=O) groups excluding carboxylic acids is 1. The van der Waals surface area contributed by atoms with E-state index in [-0.39, 0.29) is 29.0 Å². The molecule has 1 fully saturated rings. The van der Waals surface area contributed by atoms with E-state index in [2.05, 4.69) is 50.4 Å². The zero-order valence-electron chi connectivity index (χ0n) is 19.3. The molecule has 0 spiro atoms. The SMILES string of the molecule is C[C@H](NC(=O)C1CCN(S(=O)(=O)Cc2ccc(Cl)cc2)CC1)c1ccc(C(C)(C)C)cc1. The number of piperidine rings is 1. The van der Waals surface area contributed by atoms with Gasteiger partial charge in [0.05, 0.1) is 11.8 Å². The molecule has 0 saturated carbocycles. The number of hydrogen-bond donors (Lipinski definition) is 1. The summed E-state index contributed by atoms with van der Waals surface area (Å²) in [7, 11) is -3.42. The van der Waals surface area contributed by atoms with Crippen molar-refractivity contribution < 1.29 is 13.2 Å². The molecule has 0 bridgehead atoms. The summed E-state index contributed by atoms with van der Waals surface area (Å²) >= 11 is 5.88. The molecule has 1 saturated heterocycles. The maximum absolute atomic E-state index is 12.8. The van der Waals surface area contributed by atoms with Gasteiger partial charge in [-0.3, -0.25) is 4.79 Å². The Morgan fingerprint density at radius 1 is 1.06 bits per heavy atom. The molecule has 0 aliphatic carbocycles. The Bertz CT molecular complexity index is 1020. The second-order valence-corrected chi connectivity index (χ2v) is 12.1. The molecule has 2 aromatic carbocycles. The van der Waals surface area contributed by atoms with Gasteiger partial charge in [0, 0.05) is 24.0 Å². The number of hydrogen-bond acceptors (Lipinski definition) is 3. The number of nitrogens with one attached hydrogen (secondary N) is 1. The predicted molar refractivity (Wildman–Crippen MR) is 130 cm³/mol. The zero-order chi connectivity index (χ0) is 23.5. The van der Waals surface area contributed by atoms with Crippen LogP contribution < -0.4 is 5.32 Å². The average Bonchev–Trinajstić information content (AvgIpc) is 2.75. The lowest BCUT2D eigenvalue weighted by molar-refractivity contribution is -0.126. The van der Waals surface area contributed by atoms with Gasteiger partial charge in [-0.05, 0) is 54.0 Å². The van der Waals surface area contributed by atoms with Crippen molar-refractivity contribution in [1.29, 1.82) is 0 Å². The number of benzene rings is 2. The summed E-state index contributed by atoms with van der Waals surface area (Å²) in [6.07, 6.45) is 1.06. The van der Waals surface area contributed by atoms with Crippen LogP contribution in [0, 0.1) is 5.92 Å². The molecule has 0 aromatic heterocycles. The molecular weight excluding hydrogens is 444 g/mol. The molecule has 32 heavy (non-hydrogen) atoms. The monoisotopic (exact) mass is 476 g/mol. The first-order valence-electron chi connectivity index (χ1n) is 11.1. The molecule has 1 amide bonds. The quantitative estimate of drug-likeness (QED) is 0.633. The molecule has 1 aliphatic rings. The standard InChI is InChI=1S/C25H33ClN2O3S/c1-18(20-7-9-22(10-8-20)25(2,3)4)27-24(29)21-13-15-28(16-14-21)32(30,31)17-19-5-11-23(26)12-6-19/h5-12,18,21H,13-17H2,1-4H3,(H,27,29)/t18-/m0/s1. The van der Waals surface area contributed by atoms with Gasteiger partial charge in [-0.2, -0.15) is 0 Å². The molecule has 5 nitrogen and oxygen atoms in total. The van der Waals surface area contributed by atoms with Gasteiger partial charge in [0.1, 0.15) is 0 Å². The van der Waals surface area contributed by atoms with E-state index in [1.807, 2.05) is 6.92 Å². The van der Waals surface area contributed by atoms with E-state index in [0.717, 1.165) is 5.56 Å². The third-order valence-electron chi connectivity index (χ3n) is 6.12. The van der Waals surface area contributed by atoms with Crippen molar-refractivity contribution in [3.8, 4) is 0 Å². The minimum atomic E-state index is -3.42. The van der Waals surface area contributed by atoms with E-state index >= 15 is 0 Å². The number of halogens is 1. The fourth-order valence-corrected chi connectivity index (χ4v) is 5.65. The number of rotatable bonds is 6. The Morgan fingerprint density at radius 2 is 1.62 bits per heavy atom. The highest BCUT2D eigenvalue weighted by Gasteiger charge is 2.31. The van der Waals surface area contributed by atoms with E-state index in [0.29, 0.717) is 36.5 Å². The van der Waals surface area contributed by atoms with E-state index in [1.165, 1.54) is 9.87 Å². The molecule has 0 unspecified atom stereocenters. The Labute approximate surface area is 197 Å². The fourth-order valence-electron chi connectivity index (χ4n) is 3.97. The van der Waals surface area contributed by atoms with Crippen LogP contribution in [0.25, 0.3) is 0 Å². The van der Waals surface area contributed by atoms with Gasteiger partial charge >= 0.3 is 0 Å². The van der Waals surface area contributed by atoms with Crippen LogP contribution in [0.15, 0.2) is 48.5 Å². The second kappa shape index (κ2) is 9.94. The lowest BCUT2D eigenvalue weighted by atomic mass is 9.86. The number of sulfonamides is 1. The van der Waals surface area contributed by atoms with Crippen molar-refractivity contribution in [2.75, 3.05) is 13.1 Å². The van der Waals surface area contributed by atoms with Gasteiger partial charge in [0.2, 0.25) is 15.9 Å². The molecule has 1 atom stereocenters. The molecule has 1 aliphatic heterocycles. The largest absolute Gasteiger partial charge is 0.349 e. The van der Waals surface area contributed by atoms with Gasteiger partial charge in [0.15, 0.2) is 0 Å². The van der Waals surface area contributed by atoms with Crippen LogP contribution in [0.1, 0.15) is 63.3 Å². The third kappa shape index (κ3) is 6.33. The van der Waals surface area contributed by atoms with Crippen molar-refractivity contribution in [1.82, 2.24) is 9.62 Å². The van der Waals surface area contributed by atoms with Gasteiger partial charge < -0.3 is 5.32 Å². The van der Waals surface area contributed by atoms with Crippen LogP contribution in [0.5, 0.6) is 0 Å². The molecule has 0 radical (unpaired) electrons. The van der Waals surface area contributed by atoms with E-state index in [9.17, 15) is 13.2 Å². The predicted octanol–water partition coefficient (Wildman–Crippen LogP) is 5.06. The summed E-state index contributed by atoms with van der Waals surface area (Å²) in [6, 6.07) is 15.1. The van der Waals surface area contributed by atoms with Crippen molar-refractivity contribution in [2.45, 2.75) is 57.7 Å². The van der Waals surface area contributed by atoms with Gasteiger partial charge in [0.25, 0.3) is 0 Å². The molecule has 174 valence electrons. The van der Waals surface area contributed by atoms with Gasteiger partial charge in [-0.1, -0.05) is 68.8 Å². The lowest BCUT2D eigenvalue weighted by Gasteiger charge is -2.31. The summed E-state index contributed by atoms with van der Waals surface area (Å²) in [4.78, 5) is 12.8. The van der Waals surface area contributed by atoms with Crippen LogP contribution in [0.4, 0.5) is 0 Å². The van der Waals surface area contributed by atoms with E-state index in [4.69, 9.17) is 11.6 Å². The first kappa shape index (κ1) is 24.7. The molecule has 2 aromatic rings. The maximum atomic E-state index is 12.8. The molecule has 3 rings (SSSR count). The van der Waals surface area contributed by atoms with Crippen LogP contribution in [-0.4, -0.2) is 31.7 Å². The van der Waals surface area contributed by atoms with Crippen LogP contribution >= 0.6 is 11.6 Å². The molecule has 7 heteroatoms. The highest BCUT2D eigenvalue weighted by atomic mass is 35.5. The smallest absolute Gasteiger partial charge is 0.223 e. The Morgan fingerprint density at radius 3 is 2.16 bits per heavy atom. The lowest BCUT2D eigenvalue weighted by Crippen LogP contribution is -2.43. The van der Waals surface area contributed by atoms with E-state index in [1.54, 1.807) is 24.3 Å². The average molecular weight is 477 g/mol. The van der Waals surface area contributed by atoms with Gasteiger partial charge in [-0.25, -0.2) is 12.7 Å². The number of carbonyl (C=O) groups is 1. The summed E-state index contributed by atoms with van der Waals surface area (Å²) in [5.74, 6) is -0.233. The Hall–Kier alpha value is -1.89. The minimum Gasteiger partial charge on any atom is -0.349 e. The van der Waals surface area contributed by atoms with Crippen molar-refractivity contribution in [3.05, 3.63) is 70.2 Å². The number of amides is 1. The minimum absolute atomic E-state index is 0.00727. The van der Waals surface area contributed by atoms with E-state index < -0.39 is 10.0 Å². The van der Waals surface area contributed by atoms with Crippen LogP contribution in [-0.2, 0) is 26.0 Å². The zero-order valence-corrected chi connectivity index (χ0v) is 20.8. The maximum Gasteiger partial charge on any atom is 0.223 e. The van der Waals surface area contributed by atoms with Gasteiger partial charge in [-0.15, -0.1) is 0 Å². The molecule has 1 N–H and O–H groups in total. The fraction of sp³-hybridized carbons (Fsp3) is 0.480.